The highest BCUT2D eigenvalue weighted by atomic mass is 32.1. The minimum absolute atomic E-state index is 0.0123. The molecule has 0 aliphatic rings. The first kappa shape index (κ1) is 17.7. The van der Waals surface area contributed by atoms with Gasteiger partial charge >= 0.3 is 0 Å². The number of hydrogen-bond donors (Lipinski definition) is 2. The summed E-state index contributed by atoms with van der Waals surface area (Å²) >= 11 is 1.20. The van der Waals surface area contributed by atoms with Crippen LogP contribution in [0.5, 0.6) is 5.75 Å². The number of ketones is 1. The molecular formula is C19H18N4O2S. The first-order valence-corrected chi connectivity index (χ1v) is 8.80. The number of nitriles is 1. The zero-order valence-corrected chi connectivity index (χ0v) is 15.5. The second-order valence-electron chi connectivity index (χ2n) is 6.13. The third-order valence-electron chi connectivity index (χ3n) is 4.19. The number of aromatic nitrogens is 1. The Balaban J connectivity index is 2.22. The molecule has 0 amide bonds. The Morgan fingerprint density at radius 3 is 2.46 bits per heavy atom. The molecule has 0 saturated heterocycles. The van der Waals surface area contributed by atoms with Crippen LogP contribution in [0.4, 0.5) is 11.5 Å². The van der Waals surface area contributed by atoms with Gasteiger partial charge in [0.15, 0.2) is 0 Å². The first-order valence-electron chi connectivity index (χ1n) is 7.99. The van der Waals surface area contributed by atoms with E-state index in [2.05, 4.69) is 11.1 Å². The minimum atomic E-state index is -0.195. The summed E-state index contributed by atoms with van der Waals surface area (Å²) < 4.78 is 5.12. The molecule has 6 nitrogen and oxygen atoms in total. The van der Waals surface area contributed by atoms with E-state index in [0.717, 1.165) is 5.56 Å². The Kier molecular flexibility index (Phi) is 4.53. The Bertz CT molecular complexity index is 1050. The number of hydrogen-bond acceptors (Lipinski definition) is 7. The van der Waals surface area contributed by atoms with Gasteiger partial charge in [0.05, 0.1) is 18.4 Å². The van der Waals surface area contributed by atoms with Crippen LogP contribution in [0.2, 0.25) is 0 Å². The number of methoxy groups -OCH3 is 1. The topological polar surface area (TPSA) is 115 Å². The third kappa shape index (κ3) is 2.74. The molecule has 3 aromatic rings. The number of carbonyl (C=O) groups is 1. The number of nitrogens with two attached hydrogens (primary N) is 2. The predicted octanol–water partition coefficient (Wildman–Crippen LogP) is 3.70. The van der Waals surface area contributed by atoms with Crippen molar-refractivity contribution in [2.45, 2.75) is 19.8 Å². The summed E-state index contributed by atoms with van der Waals surface area (Å²) in [6.07, 6.45) is 0. The van der Waals surface area contributed by atoms with Crippen molar-refractivity contribution in [3.63, 3.8) is 0 Å². The number of carbonyl (C=O) groups excluding carboxylic acids is 1. The third-order valence-corrected chi connectivity index (χ3v) is 5.29. The molecule has 4 N–H and O–H groups in total. The molecule has 0 spiro atoms. The zero-order valence-electron chi connectivity index (χ0n) is 14.7. The van der Waals surface area contributed by atoms with Gasteiger partial charge in [0.25, 0.3) is 0 Å². The summed E-state index contributed by atoms with van der Waals surface area (Å²) in [6, 6.07) is 8.94. The van der Waals surface area contributed by atoms with Crippen LogP contribution < -0.4 is 16.2 Å². The molecule has 0 saturated carbocycles. The fourth-order valence-corrected chi connectivity index (χ4v) is 4.02. The molecule has 0 bridgehead atoms. The van der Waals surface area contributed by atoms with Crippen LogP contribution in [0.1, 0.15) is 46.1 Å². The van der Waals surface area contributed by atoms with E-state index in [-0.39, 0.29) is 17.5 Å². The number of anilines is 2. The van der Waals surface area contributed by atoms with Crippen molar-refractivity contribution in [1.29, 1.82) is 5.26 Å². The zero-order chi connectivity index (χ0) is 19.0. The lowest BCUT2D eigenvalue weighted by Crippen LogP contribution is -2.04. The maximum absolute atomic E-state index is 12.9. The molecule has 0 fully saturated rings. The number of benzene rings is 1. The molecule has 0 radical (unpaired) electrons. The largest absolute Gasteiger partial charge is 0.497 e. The Morgan fingerprint density at radius 1 is 1.27 bits per heavy atom. The lowest BCUT2D eigenvalue weighted by Gasteiger charge is -2.12. The van der Waals surface area contributed by atoms with Gasteiger partial charge in [0, 0.05) is 10.9 Å². The highest BCUT2D eigenvalue weighted by molar-refractivity contribution is 7.21. The van der Waals surface area contributed by atoms with E-state index in [9.17, 15) is 10.1 Å². The highest BCUT2D eigenvalue weighted by Crippen LogP contribution is 2.41. The number of pyridine rings is 1. The van der Waals surface area contributed by atoms with E-state index >= 15 is 0 Å². The average Bonchev–Trinajstić information content (AvgIpc) is 2.95. The van der Waals surface area contributed by atoms with Crippen molar-refractivity contribution in [2.75, 3.05) is 18.6 Å². The van der Waals surface area contributed by atoms with Gasteiger partial charge in [0.2, 0.25) is 5.78 Å². The number of ether oxygens (including phenoxy) is 1. The van der Waals surface area contributed by atoms with E-state index in [1.807, 2.05) is 13.8 Å². The fourth-order valence-electron chi connectivity index (χ4n) is 2.94. The predicted molar refractivity (Wildman–Crippen MR) is 104 cm³/mol. The lowest BCUT2D eigenvalue weighted by molar-refractivity contribution is 0.104. The van der Waals surface area contributed by atoms with Crippen LogP contribution in [0.15, 0.2) is 24.3 Å². The smallest absolute Gasteiger partial charge is 0.205 e. The number of fused-ring (bicyclic) bond motifs is 1. The van der Waals surface area contributed by atoms with E-state index in [4.69, 9.17) is 16.2 Å². The van der Waals surface area contributed by atoms with Gasteiger partial charge in [-0.15, -0.1) is 11.3 Å². The molecule has 0 atom stereocenters. The maximum atomic E-state index is 12.9. The van der Waals surface area contributed by atoms with Crippen molar-refractivity contribution in [3.05, 3.63) is 45.8 Å². The molecule has 2 heterocycles. The summed E-state index contributed by atoms with van der Waals surface area (Å²) in [4.78, 5) is 18.2. The fraction of sp³-hybridized carbons (Fsp3) is 0.211. The molecule has 0 aliphatic carbocycles. The maximum Gasteiger partial charge on any atom is 0.205 e. The van der Waals surface area contributed by atoms with E-state index in [0.29, 0.717) is 37.7 Å². The summed E-state index contributed by atoms with van der Waals surface area (Å²) in [6.45, 7) is 3.91. The summed E-state index contributed by atoms with van der Waals surface area (Å²) in [7, 11) is 1.57. The monoisotopic (exact) mass is 366 g/mol. The quantitative estimate of drug-likeness (QED) is 0.680. The summed E-state index contributed by atoms with van der Waals surface area (Å²) in [5, 5.41) is 10.1. The van der Waals surface area contributed by atoms with Crippen LogP contribution in [0, 0.1) is 11.3 Å². The second kappa shape index (κ2) is 6.65. The Labute approximate surface area is 155 Å². The van der Waals surface area contributed by atoms with E-state index in [1.54, 1.807) is 31.4 Å². The lowest BCUT2D eigenvalue weighted by atomic mass is 9.94. The molecule has 26 heavy (non-hydrogen) atoms. The van der Waals surface area contributed by atoms with Gasteiger partial charge in [-0.3, -0.25) is 4.79 Å². The van der Waals surface area contributed by atoms with Crippen LogP contribution in [-0.4, -0.2) is 17.9 Å². The van der Waals surface area contributed by atoms with Gasteiger partial charge in [-0.1, -0.05) is 13.8 Å². The average molecular weight is 366 g/mol. The molecule has 0 unspecified atom stereocenters. The van der Waals surface area contributed by atoms with Gasteiger partial charge in [-0.2, -0.15) is 5.26 Å². The molecule has 3 rings (SSSR count). The summed E-state index contributed by atoms with van der Waals surface area (Å²) in [5.74, 6) is 0.646. The van der Waals surface area contributed by atoms with Crippen LogP contribution in [0.3, 0.4) is 0 Å². The van der Waals surface area contributed by atoms with Gasteiger partial charge < -0.3 is 16.2 Å². The standard InChI is InChI=1S/C19H18N4O2S/c1-9(2)13-12(8-20)18(22)23-19-14(13)15(21)17(26-19)16(24)10-4-6-11(25-3)7-5-10/h4-7,9H,21H2,1-3H3,(H2,22,23). The molecule has 7 heteroatoms. The molecular weight excluding hydrogens is 348 g/mol. The van der Waals surface area contributed by atoms with Crippen molar-refractivity contribution >= 4 is 38.8 Å². The minimum Gasteiger partial charge on any atom is -0.497 e. The molecule has 132 valence electrons. The number of thiophene rings is 1. The summed E-state index contributed by atoms with van der Waals surface area (Å²) in [5.41, 5.74) is 14.2. The molecule has 0 aliphatic heterocycles. The van der Waals surface area contributed by atoms with Crippen LogP contribution in [-0.2, 0) is 0 Å². The second-order valence-corrected chi connectivity index (χ2v) is 7.13. The normalized spacial score (nSPS) is 10.9. The van der Waals surface area contributed by atoms with E-state index < -0.39 is 0 Å². The van der Waals surface area contributed by atoms with Crippen molar-refractivity contribution in [1.82, 2.24) is 4.98 Å². The molecule has 2 aromatic heterocycles. The van der Waals surface area contributed by atoms with Crippen molar-refractivity contribution < 1.29 is 9.53 Å². The molecule has 1 aromatic carbocycles. The van der Waals surface area contributed by atoms with Crippen LogP contribution in [0.25, 0.3) is 10.2 Å². The number of rotatable bonds is 4. The van der Waals surface area contributed by atoms with Gasteiger partial charge in [-0.05, 0) is 35.7 Å². The van der Waals surface area contributed by atoms with Gasteiger partial charge in [0.1, 0.15) is 27.3 Å². The van der Waals surface area contributed by atoms with Crippen molar-refractivity contribution in [3.8, 4) is 11.8 Å². The number of nitrogen functional groups attached to an aromatic ring is 2. The van der Waals surface area contributed by atoms with Crippen LogP contribution >= 0.6 is 11.3 Å². The Hall–Kier alpha value is -3.11. The first-order chi connectivity index (χ1) is 12.4. The van der Waals surface area contributed by atoms with E-state index in [1.165, 1.54) is 11.3 Å². The highest BCUT2D eigenvalue weighted by Gasteiger charge is 2.25. The number of nitrogens with zero attached hydrogens (tertiary/aromatic N) is 2. The SMILES string of the molecule is COc1ccc(C(=O)c2sc3nc(N)c(C#N)c(C(C)C)c3c2N)cc1. The van der Waals surface area contributed by atoms with Crippen molar-refractivity contribution in [2.24, 2.45) is 0 Å². The van der Waals surface area contributed by atoms with Gasteiger partial charge in [-0.25, -0.2) is 4.98 Å². The Morgan fingerprint density at radius 2 is 1.92 bits per heavy atom.